The Morgan fingerprint density at radius 1 is 0.818 bits per heavy atom. The van der Waals surface area contributed by atoms with Crippen molar-refractivity contribution in [3.8, 4) is 11.1 Å². The molecule has 0 bridgehead atoms. The molecular weight excluding hydrogens is 450 g/mol. The number of carbonyl (C=O) groups is 1. The van der Waals surface area contributed by atoms with Crippen molar-refractivity contribution in [2.75, 3.05) is 5.32 Å². The van der Waals surface area contributed by atoms with Crippen LogP contribution < -0.4 is 5.32 Å². The lowest BCUT2D eigenvalue weighted by Gasteiger charge is -2.15. The Hall–Kier alpha value is -4.02. The Balaban J connectivity index is 1.65. The molecule has 0 fully saturated rings. The molecule has 2 aromatic carbocycles. The molecule has 1 aliphatic carbocycles. The molecule has 0 unspecified atom stereocenters. The Labute approximate surface area is 181 Å². The minimum atomic E-state index is -4.83. The maximum atomic E-state index is 13.3. The predicted octanol–water partition coefficient (Wildman–Crippen LogP) is 6.02. The fourth-order valence-corrected chi connectivity index (χ4v) is 3.73. The van der Waals surface area contributed by atoms with Gasteiger partial charge in [-0.15, -0.1) is 0 Å². The first-order valence-electron chi connectivity index (χ1n) is 9.39. The number of rotatable bonds is 2. The summed E-state index contributed by atoms with van der Waals surface area (Å²) < 4.78 is 79.0. The third kappa shape index (κ3) is 3.45. The average Bonchev–Trinajstić information content (AvgIpc) is 3.05. The molecule has 1 N–H and O–H groups in total. The van der Waals surface area contributed by atoms with Gasteiger partial charge in [0.25, 0.3) is 0 Å². The molecule has 2 heterocycles. The molecule has 0 atom stereocenters. The Bertz CT molecular complexity index is 1450. The smallest absolute Gasteiger partial charge is 0.355 e. The van der Waals surface area contributed by atoms with Crippen LogP contribution >= 0.6 is 0 Å². The normalized spacial score (nSPS) is 13.2. The lowest BCUT2D eigenvalue weighted by atomic mass is 10.0. The first-order valence-corrected chi connectivity index (χ1v) is 9.39. The van der Waals surface area contributed by atoms with Crippen molar-refractivity contribution in [3.05, 3.63) is 77.5 Å². The highest BCUT2D eigenvalue weighted by atomic mass is 19.4. The summed E-state index contributed by atoms with van der Waals surface area (Å²) in [5, 5.41) is 3.07. The highest BCUT2D eigenvalue weighted by Gasteiger charge is 2.39. The summed E-state index contributed by atoms with van der Waals surface area (Å²) in [6.45, 7) is 0. The van der Waals surface area contributed by atoms with E-state index in [4.69, 9.17) is 0 Å². The molecule has 0 radical (unpaired) electrons. The second kappa shape index (κ2) is 6.99. The number of aromatic nitrogens is 3. The Morgan fingerprint density at radius 2 is 1.55 bits per heavy atom. The maximum Gasteiger partial charge on any atom is 0.451 e. The van der Waals surface area contributed by atoms with E-state index in [0.29, 0.717) is 10.9 Å². The highest BCUT2D eigenvalue weighted by molar-refractivity contribution is 6.24. The largest absolute Gasteiger partial charge is 0.451 e. The molecule has 5 rings (SSSR count). The van der Waals surface area contributed by atoms with E-state index in [1.54, 1.807) is 0 Å². The number of para-hydroxylation sites is 1. The van der Waals surface area contributed by atoms with Gasteiger partial charge in [-0.05, 0) is 30.3 Å². The topological polar surface area (TPSA) is 67.8 Å². The summed E-state index contributed by atoms with van der Waals surface area (Å²) >= 11 is 0. The quantitative estimate of drug-likeness (QED) is 0.327. The standard InChI is InChI=1S/C22H10F6N4O/c23-21(24,25)14-3-1-2-4-16(14)31-10-5-6-15-11(7-10)17-12-8-30-20(22(26,27)28)32-18(12)19(33)13(17)9-29-15/h1-9,31H. The Kier molecular flexibility index (Phi) is 4.42. The van der Waals surface area contributed by atoms with Crippen molar-refractivity contribution in [2.24, 2.45) is 0 Å². The first kappa shape index (κ1) is 20.9. The number of alkyl halides is 6. The number of ketones is 1. The van der Waals surface area contributed by atoms with Crippen LogP contribution in [-0.4, -0.2) is 20.7 Å². The van der Waals surface area contributed by atoms with Gasteiger partial charge in [0.1, 0.15) is 5.69 Å². The molecule has 4 aromatic rings. The number of carbonyl (C=O) groups excluding carboxylic acids is 1. The number of fused-ring (bicyclic) bond motifs is 5. The van der Waals surface area contributed by atoms with Crippen molar-refractivity contribution < 1.29 is 31.1 Å². The SMILES string of the molecule is O=C1c2cnc3ccc(Nc4ccccc4C(F)(F)F)cc3c2-c2cnc(C(F)(F)F)nc21. The molecule has 2 aromatic heterocycles. The predicted molar refractivity (Wildman–Crippen MR) is 106 cm³/mol. The van der Waals surface area contributed by atoms with Crippen LogP contribution in [0, 0.1) is 0 Å². The highest BCUT2D eigenvalue weighted by Crippen LogP contribution is 2.42. The monoisotopic (exact) mass is 460 g/mol. The van der Waals surface area contributed by atoms with Gasteiger partial charge in [0, 0.05) is 34.6 Å². The average molecular weight is 460 g/mol. The van der Waals surface area contributed by atoms with E-state index in [1.165, 1.54) is 42.6 Å². The second-order valence-electron chi connectivity index (χ2n) is 7.23. The first-order chi connectivity index (χ1) is 15.5. The summed E-state index contributed by atoms with van der Waals surface area (Å²) in [4.78, 5) is 23.6. The molecule has 0 aliphatic heterocycles. The third-order valence-electron chi connectivity index (χ3n) is 5.15. The third-order valence-corrected chi connectivity index (χ3v) is 5.15. The minimum Gasteiger partial charge on any atom is -0.355 e. The zero-order valence-corrected chi connectivity index (χ0v) is 16.2. The molecule has 5 nitrogen and oxygen atoms in total. The van der Waals surface area contributed by atoms with Crippen LogP contribution in [0.2, 0.25) is 0 Å². The van der Waals surface area contributed by atoms with Gasteiger partial charge in [-0.2, -0.15) is 26.3 Å². The van der Waals surface area contributed by atoms with E-state index in [-0.39, 0.29) is 28.1 Å². The van der Waals surface area contributed by atoms with Crippen molar-refractivity contribution in [2.45, 2.75) is 12.4 Å². The van der Waals surface area contributed by atoms with E-state index in [0.717, 1.165) is 12.3 Å². The number of pyridine rings is 1. The molecule has 33 heavy (non-hydrogen) atoms. The molecule has 0 amide bonds. The fraction of sp³-hybridized carbons (Fsp3) is 0.0909. The van der Waals surface area contributed by atoms with Gasteiger partial charge in [0.15, 0.2) is 0 Å². The number of nitrogens with zero attached hydrogens (tertiary/aromatic N) is 3. The molecule has 11 heteroatoms. The number of halogens is 6. The number of nitrogens with one attached hydrogen (secondary N) is 1. The van der Waals surface area contributed by atoms with E-state index in [9.17, 15) is 31.1 Å². The van der Waals surface area contributed by atoms with Crippen LogP contribution in [0.1, 0.15) is 27.4 Å². The van der Waals surface area contributed by atoms with Gasteiger partial charge < -0.3 is 5.32 Å². The fourth-order valence-electron chi connectivity index (χ4n) is 3.73. The van der Waals surface area contributed by atoms with Crippen LogP contribution in [0.5, 0.6) is 0 Å². The summed E-state index contributed by atoms with van der Waals surface area (Å²) in [5.41, 5.74) is -0.368. The van der Waals surface area contributed by atoms with Crippen LogP contribution in [0.25, 0.3) is 22.0 Å². The van der Waals surface area contributed by atoms with Crippen molar-refractivity contribution in [1.82, 2.24) is 15.0 Å². The summed E-state index contributed by atoms with van der Waals surface area (Å²) in [7, 11) is 0. The molecule has 0 saturated carbocycles. The van der Waals surface area contributed by atoms with Gasteiger partial charge in [0.05, 0.1) is 22.3 Å². The van der Waals surface area contributed by atoms with E-state index in [2.05, 4.69) is 20.3 Å². The minimum absolute atomic E-state index is 0.0407. The van der Waals surface area contributed by atoms with Crippen LogP contribution in [-0.2, 0) is 12.4 Å². The van der Waals surface area contributed by atoms with Gasteiger partial charge in [-0.1, -0.05) is 12.1 Å². The van der Waals surface area contributed by atoms with Crippen LogP contribution in [0.3, 0.4) is 0 Å². The lowest BCUT2D eigenvalue weighted by molar-refractivity contribution is -0.145. The van der Waals surface area contributed by atoms with Crippen molar-refractivity contribution in [3.63, 3.8) is 0 Å². The summed E-state index contributed by atoms with van der Waals surface area (Å²) in [5.74, 6) is -2.17. The van der Waals surface area contributed by atoms with Gasteiger partial charge in [0.2, 0.25) is 11.6 Å². The van der Waals surface area contributed by atoms with Gasteiger partial charge in [-0.3, -0.25) is 9.78 Å². The zero-order chi connectivity index (χ0) is 23.5. The Morgan fingerprint density at radius 3 is 2.27 bits per heavy atom. The molecular formula is C22H10F6N4O. The number of hydrogen-bond acceptors (Lipinski definition) is 5. The van der Waals surface area contributed by atoms with E-state index >= 15 is 0 Å². The molecule has 0 saturated heterocycles. The van der Waals surface area contributed by atoms with Gasteiger partial charge in [-0.25, -0.2) is 9.97 Å². The van der Waals surface area contributed by atoms with Crippen LogP contribution in [0.15, 0.2) is 54.9 Å². The maximum absolute atomic E-state index is 13.3. The number of anilines is 2. The van der Waals surface area contributed by atoms with Crippen molar-refractivity contribution >= 4 is 28.1 Å². The second-order valence-corrected chi connectivity index (χ2v) is 7.23. The number of hydrogen-bond donors (Lipinski definition) is 1. The molecule has 0 spiro atoms. The molecule has 1 aliphatic rings. The zero-order valence-electron chi connectivity index (χ0n) is 16.2. The van der Waals surface area contributed by atoms with E-state index < -0.39 is 35.2 Å². The lowest BCUT2D eigenvalue weighted by Crippen LogP contribution is -2.13. The summed E-state index contributed by atoms with van der Waals surface area (Å²) in [6.07, 6.45) is -7.25. The molecule has 166 valence electrons. The summed E-state index contributed by atoms with van der Waals surface area (Å²) in [6, 6.07) is 9.44. The van der Waals surface area contributed by atoms with Crippen molar-refractivity contribution in [1.29, 1.82) is 0 Å². The number of benzene rings is 2. The van der Waals surface area contributed by atoms with E-state index in [1.807, 2.05) is 0 Å². The van der Waals surface area contributed by atoms with Gasteiger partial charge >= 0.3 is 12.4 Å². The van der Waals surface area contributed by atoms with Crippen LogP contribution in [0.4, 0.5) is 37.7 Å².